The van der Waals surface area contributed by atoms with Gasteiger partial charge in [-0.15, -0.1) is 0 Å². The molecule has 0 aliphatic rings. The Labute approximate surface area is 111 Å². The van der Waals surface area contributed by atoms with Crippen molar-refractivity contribution in [2.24, 2.45) is 0 Å². The maximum Gasteiger partial charge on any atom is 0.165 e. The Bertz CT molecular complexity index is 638. The Morgan fingerprint density at radius 3 is 2.84 bits per heavy atom. The minimum atomic E-state index is 0.241. The van der Waals surface area contributed by atoms with Crippen molar-refractivity contribution in [3.05, 3.63) is 41.7 Å². The van der Waals surface area contributed by atoms with E-state index >= 15 is 0 Å². The van der Waals surface area contributed by atoms with Crippen molar-refractivity contribution >= 4 is 6.29 Å². The number of ether oxygens (including phenoxy) is 1. The molecule has 0 spiro atoms. The molecule has 5 nitrogen and oxygen atoms in total. The van der Waals surface area contributed by atoms with E-state index in [2.05, 4.69) is 5.10 Å². The van der Waals surface area contributed by atoms with E-state index in [1.165, 1.54) is 6.07 Å². The molecule has 2 rings (SSSR count). The summed E-state index contributed by atoms with van der Waals surface area (Å²) in [5, 5.41) is 13.2. The van der Waals surface area contributed by atoms with Crippen LogP contribution < -0.4 is 4.74 Å². The van der Waals surface area contributed by atoms with Crippen molar-refractivity contribution < 1.29 is 9.53 Å². The van der Waals surface area contributed by atoms with Gasteiger partial charge in [-0.1, -0.05) is 0 Å². The number of benzene rings is 1. The minimum Gasteiger partial charge on any atom is -0.453 e. The molecule has 5 heteroatoms. The van der Waals surface area contributed by atoms with E-state index in [0.717, 1.165) is 0 Å². The molecular formula is C14H13N3O2. The number of rotatable bonds is 4. The van der Waals surface area contributed by atoms with E-state index in [-0.39, 0.29) is 6.04 Å². The molecular weight excluding hydrogens is 242 g/mol. The van der Waals surface area contributed by atoms with Gasteiger partial charge in [-0.3, -0.25) is 9.48 Å². The summed E-state index contributed by atoms with van der Waals surface area (Å²) in [5.41, 5.74) is 0.767. The first kappa shape index (κ1) is 12.8. The number of nitriles is 1. The zero-order chi connectivity index (χ0) is 13.8. The maximum atomic E-state index is 10.7. The van der Waals surface area contributed by atoms with Gasteiger partial charge in [0, 0.05) is 11.6 Å². The monoisotopic (exact) mass is 255 g/mol. The largest absolute Gasteiger partial charge is 0.453 e. The lowest BCUT2D eigenvalue weighted by molar-refractivity contribution is 0.112. The lowest BCUT2D eigenvalue weighted by Gasteiger charge is -2.06. The Morgan fingerprint density at radius 1 is 1.47 bits per heavy atom. The standard InChI is InChI=1S/C14H13N3O2/c1-10(2)17-8-13(7-16-17)19-14-4-3-11(9-18)5-12(14)6-15/h3-5,7-10H,1-2H3. The summed E-state index contributed by atoms with van der Waals surface area (Å²) in [6, 6.07) is 6.96. The van der Waals surface area contributed by atoms with Crippen molar-refractivity contribution in [3.8, 4) is 17.6 Å². The zero-order valence-electron chi connectivity index (χ0n) is 10.7. The third-order valence-corrected chi connectivity index (χ3v) is 2.59. The molecule has 0 radical (unpaired) electrons. The molecule has 0 unspecified atom stereocenters. The predicted octanol–water partition coefficient (Wildman–Crippen LogP) is 2.94. The normalized spacial score (nSPS) is 10.2. The van der Waals surface area contributed by atoms with Crippen LogP contribution in [0.1, 0.15) is 35.8 Å². The highest BCUT2D eigenvalue weighted by atomic mass is 16.5. The van der Waals surface area contributed by atoms with E-state index in [4.69, 9.17) is 10.00 Å². The number of carbonyl (C=O) groups is 1. The molecule has 0 saturated carbocycles. The average molecular weight is 255 g/mol. The number of hydrogen-bond acceptors (Lipinski definition) is 4. The lowest BCUT2D eigenvalue weighted by Crippen LogP contribution is -1.99. The molecule has 1 aromatic heterocycles. The van der Waals surface area contributed by atoms with E-state index in [9.17, 15) is 4.79 Å². The first-order valence-corrected chi connectivity index (χ1v) is 5.85. The fourth-order valence-electron chi connectivity index (χ4n) is 1.58. The van der Waals surface area contributed by atoms with Gasteiger partial charge in [0.15, 0.2) is 5.75 Å². The van der Waals surface area contributed by atoms with Crippen LogP contribution >= 0.6 is 0 Å². The van der Waals surface area contributed by atoms with Crippen LogP contribution in [0.15, 0.2) is 30.6 Å². The van der Waals surface area contributed by atoms with Crippen LogP contribution in [0.5, 0.6) is 11.5 Å². The van der Waals surface area contributed by atoms with E-state index < -0.39 is 0 Å². The van der Waals surface area contributed by atoms with Crippen LogP contribution in [-0.4, -0.2) is 16.1 Å². The molecule has 1 heterocycles. The van der Waals surface area contributed by atoms with Gasteiger partial charge in [0.05, 0.1) is 18.0 Å². The first-order valence-electron chi connectivity index (χ1n) is 5.85. The highest BCUT2D eigenvalue weighted by Gasteiger charge is 2.08. The van der Waals surface area contributed by atoms with Crippen LogP contribution in [-0.2, 0) is 0 Å². The highest BCUT2D eigenvalue weighted by Crippen LogP contribution is 2.25. The fraction of sp³-hybridized carbons (Fsp3) is 0.214. The Balaban J connectivity index is 2.27. The summed E-state index contributed by atoms with van der Waals surface area (Å²) in [6.07, 6.45) is 4.05. The van der Waals surface area contributed by atoms with Crippen LogP contribution in [0.2, 0.25) is 0 Å². The van der Waals surface area contributed by atoms with E-state index in [0.29, 0.717) is 28.9 Å². The molecule has 0 aliphatic carbocycles. The smallest absolute Gasteiger partial charge is 0.165 e. The second kappa shape index (κ2) is 5.36. The zero-order valence-corrected chi connectivity index (χ0v) is 10.7. The van der Waals surface area contributed by atoms with Crippen molar-refractivity contribution in [1.29, 1.82) is 5.26 Å². The molecule has 0 amide bonds. The second-order valence-corrected chi connectivity index (χ2v) is 4.34. The fourth-order valence-corrected chi connectivity index (χ4v) is 1.58. The first-order chi connectivity index (χ1) is 9.13. The Kier molecular flexibility index (Phi) is 3.62. The number of carbonyl (C=O) groups excluding carboxylic acids is 1. The van der Waals surface area contributed by atoms with Gasteiger partial charge in [-0.05, 0) is 32.0 Å². The molecule has 1 aromatic carbocycles. The van der Waals surface area contributed by atoms with Gasteiger partial charge in [-0.25, -0.2) is 0 Å². The minimum absolute atomic E-state index is 0.241. The van der Waals surface area contributed by atoms with Crippen molar-refractivity contribution in [1.82, 2.24) is 9.78 Å². The lowest BCUT2D eigenvalue weighted by atomic mass is 10.1. The van der Waals surface area contributed by atoms with Gasteiger partial charge in [-0.2, -0.15) is 10.4 Å². The summed E-state index contributed by atoms with van der Waals surface area (Å²) in [4.78, 5) is 10.7. The molecule has 19 heavy (non-hydrogen) atoms. The molecule has 0 atom stereocenters. The molecule has 0 saturated heterocycles. The van der Waals surface area contributed by atoms with Crippen molar-refractivity contribution in [2.45, 2.75) is 19.9 Å². The molecule has 0 fully saturated rings. The van der Waals surface area contributed by atoms with Crippen molar-refractivity contribution in [2.75, 3.05) is 0 Å². The summed E-state index contributed by atoms with van der Waals surface area (Å²) in [7, 11) is 0. The van der Waals surface area contributed by atoms with Gasteiger partial charge in [0.1, 0.15) is 18.1 Å². The van der Waals surface area contributed by atoms with Crippen molar-refractivity contribution in [3.63, 3.8) is 0 Å². The van der Waals surface area contributed by atoms with Crippen LogP contribution in [0, 0.1) is 11.3 Å². The Hall–Kier alpha value is -2.61. The van der Waals surface area contributed by atoms with Gasteiger partial charge in [0.2, 0.25) is 0 Å². The molecule has 0 aliphatic heterocycles. The molecule has 0 bridgehead atoms. The van der Waals surface area contributed by atoms with Gasteiger partial charge in [0.25, 0.3) is 0 Å². The summed E-state index contributed by atoms with van der Waals surface area (Å²) in [5.74, 6) is 0.973. The maximum absolute atomic E-state index is 10.7. The molecule has 0 N–H and O–H groups in total. The van der Waals surface area contributed by atoms with Gasteiger partial charge < -0.3 is 4.74 Å². The number of aldehydes is 1. The van der Waals surface area contributed by atoms with E-state index in [1.54, 1.807) is 29.2 Å². The van der Waals surface area contributed by atoms with Gasteiger partial charge >= 0.3 is 0 Å². The second-order valence-electron chi connectivity index (χ2n) is 4.34. The number of aromatic nitrogens is 2. The van der Waals surface area contributed by atoms with Crippen LogP contribution in [0.3, 0.4) is 0 Å². The average Bonchev–Trinajstić information content (AvgIpc) is 2.88. The summed E-state index contributed by atoms with van der Waals surface area (Å²) in [6.45, 7) is 4.02. The highest BCUT2D eigenvalue weighted by molar-refractivity contribution is 5.76. The predicted molar refractivity (Wildman–Crippen MR) is 69.2 cm³/mol. The Morgan fingerprint density at radius 2 is 2.26 bits per heavy atom. The third kappa shape index (κ3) is 2.80. The molecule has 96 valence electrons. The SMILES string of the molecule is CC(C)n1cc(Oc2ccc(C=O)cc2C#N)cn1. The van der Waals surface area contributed by atoms with Crippen LogP contribution in [0.4, 0.5) is 0 Å². The van der Waals surface area contributed by atoms with Crippen LogP contribution in [0.25, 0.3) is 0 Å². The third-order valence-electron chi connectivity index (χ3n) is 2.59. The number of hydrogen-bond donors (Lipinski definition) is 0. The van der Waals surface area contributed by atoms with E-state index in [1.807, 2.05) is 19.9 Å². The summed E-state index contributed by atoms with van der Waals surface area (Å²) < 4.78 is 7.37. The quantitative estimate of drug-likeness (QED) is 0.788. The molecule has 2 aromatic rings. The summed E-state index contributed by atoms with van der Waals surface area (Å²) >= 11 is 0. The number of nitrogens with zero attached hydrogens (tertiary/aromatic N) is 3. The topological polar surface area (TPSA) is 67.9 Å².